The highest BCUT2D eigenvalue weighted by molar-refractivity contribution is 5.97. The summed E-state index contributed by atoms with van der Waals surface area (Å²) < 4.78 is 14.6. The number of nitrogens with one attached hydrogen (secondary N) is 3. The van der Waals surface area contributed by atoms with Crippen molar-refractivity contribution in [3.63, 3.8) is 0 Å². The van der Waals surface area contributed by atoms with Crippen molar-refractivity contribution >= 4 is 27.8 Å². The molecule has 4 aromatic heterocycles. The van der Waals surface area contributed by atoms with Crippen LogP contribution in [0.3, 0.4) is 0 Å². The first kappa shape index (κ1) is 23.7. The molecule has 0 saturated heterocycles. The third kappa shape index (κ3) is 4.48. The Bertz CT molecular complexity index is 1740. The number of rotatable bonds is 8. The minimum absolute atomic E-state index is 0.311. The van der Waals surface area contributed by atoms with Crippen molar-refractivity contribution in [2.45, 2.75) is 32.4 Å². The monoisotopic (exact) mass is 507 g/mol. The number of H-pyrrole nitrogens is 2. The number of fused-ring (bicyclic) bond motifs is 2. The summed E-state index contributed by atoms with van der Waals surface area (Å²) >= 11 is 0. The maximum Gasteiger partial charge on any atom is 0.178 e. The number of aliphatic hydroxyl groups is 1. The Balaban J connectivity index is 1.37. The Morgan fingerprint density at radius 2 is 1.92 bits per heavy atom. The Morgan fingerprint density at radius 1 is 1.03 bits per heavy atom. The molecular weight excluding hydrogens is 481 g/mol. The molecule has 190 valence electrons. The van der Waals surface area contributed by atoms with E-state index in [0.29, 0.717) is 40.2 Å². The second kappa shape index (κ2) is 10.0. The highest BCUT2D eigenvalue weighted by Gasteiger charge is 2.17. The van der Waals surface area contributed by atoms with Crippen molar-refractivity contribution in [2.75, 3.05) is 5.32 Å². The molecule has 0 aliphatic heterocycles. The van der Waals surface area contributed by atoms with Crippen LogP contribution in [-0.4, -0.2) is 41.5 Å². The largest absolute Gasteiger partial charge is 0.374 e. The van der Waals surface area contributed by atoms with E-state index in [4.69, 9.17) is 0 Å². The number of aromatic nitrogens is 6. The summed E-state index contributed by atoms with van der Waals surface area (Å²) in [5.74, 6) is 0.224. The highest BCUT2D eigenvalue weighted by atomic mass is 19.1. The van der Waals surface area contributed by atoms with Crippen LogP contribution in [0.1, 0.15) is 26.2 Å². The van der Waals surface area contributed by atoms with Crippen LogP contribution in [0.4, 0.5) is 10.1 Å². The fraction of sp³-hybridized carbons (Fsp3) is 0.172. The van der Waals surface area contributed by atoms with Crippen LogP contribution in [0, 0.1) is 5.82 Å². The molecule has 4 N–H and O–H groups in total. The lowest BCUT2D eigenvalue weighted by Crippen LogP contribution is -2.18. The summed E-state index contributed by atoms with van der Waals surface area (Å²) in [6.07, 6.45) is 7.14. The predicted molar refractivity (Wildman–Crippen MR) is 147 cm³/mol. The van der Waals surface area contributed by atoms with Crippen molar-refractivity contribution in [1.29, 1.82) is 0 Å². The SMILES string of the molecule is CCCCC(O)Nc1cncc(-c2ccc3[nH]nc(-c4nc5nccc(-c6ccccc6F)c5[nH]4)c3c2)c1. The molecule has 38 heavy (non-hydrogen) atoms. The van der Waals surface area contributed by atoms with E-state index in [1.165, 1.54) is 6.07 Å². The molecule has 6 rings (SSSR count). The molecule has 0 aliphatic rings. The van der Waals surface area contributed by atoms with E-state index in [-0.39, 0.29) is 5.82 Å². The fourth-order valence-corrected chi connectivity index (χ4v) is 4.64. The lowest BCUT2D eigenvalue weighted by molar-refractivity contribution is 0.190. The second-order valence-electron chi connectivity index (χ2n) is 9.22. The van der Waals surface area contributed by atoms with Gasteiger partial charge in [0.1, 0.15) is 17.7 Å². The summed E-state index contributed by atoms with van der Waals surface area (Å²) in [7, 11) is 0. The molecule has 0 spiro atoms. The van der Waals surface area contributed by atoms with Crippen LogP contribution in [0.25, 0.3) is 55.8 Å². The molecule has 0 saturated carbocycles. The summed E-state index contributed by atoms with van der Waals surface area (Å²) in [6, 6.07) is 16.4. The van der Waals surface area contributed by atoms with Crippen LogP contribution < -0.4 is 5.32 Å². The summed E-state index contributed by atoms with van der Waals surface area (Å²) in [6.45, 7) is 2.10. The average molecular weight is 508 g/mol. The summed E-state index contributed by atoms with van der Waals surface area (Å²) in [4.78, 5) is 16.7. The average Bonchev–Trinajstić information content (AvgIpc) is 3.56. The van der Waals surface area contributed by atoms with Crippen molar-refractivity contribution < 1.29 is 9.50 Å². The van der Waals surface area contributed by atoms with Gasteiger partial charge in [-0.1, -0.05) is 37.6 Å². The van der Waals surface area contributed by atoms with Gasteiger partial charge in [-0.2, -0.15) is 5.10 Å². The fourth-order valence-electron chi connectivity index (χ4n) is 4.64. The van der Waals surface area contributed by atoms with Gasteiger partial charge >= 0.3 is 0 Å². The smallest absolute Gasteiger partial charge is 0.178 e. The quantitative estimate of drug-likeness (QED) is 0.180. The molecule has 0 radical (unpaired) electrons. The highest BCUT2D eigenvalue weighted by Crippen LogP contribution is 2.33. The van der Waals surface area contributed by atoms with Gasteiger partial charge in [-0.25, -0.2) is 14.4 Å². The van der Waals surface area contributed by atoms with Gasteiger partial charge in [0, 0.05) is 34.5 Å². The first-order valence-electron chi connectivity index (χ1n) is 12.6. The number of halogens is 1. The predicted octanol–water partition coefficient (Wildman–Crippen LogP) is 6.29. The number of benzene rings is 2. The van der Waals surface area contributed by atoms with E-state index in [0.717, 1.165) is 40.6 Å². The molecular formula is C29H26FN7O. The molecule has 6 aromatic rings. The van der Waals surface area contributed by atoms with Gasteiger partial charge in [0.25, 0.3) is 0 Å². The van der Waals surface area contributed by atoms with E-state index in [1.807, 2.05) is 24.3 Å². The standard InChI is InChI=1S/C29H26FN7O/c1-2-3-8-25(38)33-19-13-18(15-31-16-19)17-9-10-24-22(14-17)27(37-36-24)29-34-26-21(11-12-32-28(26)35-29)20-6-4-5-7-23(20)30/h4-7,9-16,25,33,38H,2-3,8H2,1H3,(H,36,37)(H,32,34,35). The van der Waals surface area contributed by atoms with Gasteiger partial charge in [-0.3, -0.25) is 10.1 Å². The minimum atomic E-state index is -0.620. The molecule has 4 heterocycles. The van der Waals surface area contributed by atoms with Gasteiger partial charge in [-0.15, -0.1) is 0 Å². The maximum atomic E-state index is 14.6. The van der Waals surface area contributed by atoms with Crippen molar-refractivity contribution in [2.24, 2.45) is 0 Å². The summed E-state index contributed by atoms with van der Waals surface area (Å²) in [5, 5.41) is 21.8. The van der Waals surface area contributed by atoms with Crippen molar-refractivity contribution in [1.82, 2.24) is 30.1 Å². The Kier molecular flexibility index (Phi) is 6.27. The van der Waals surface area contributed by atoms with Crippen molar-refractivity contribution in [3.8, 4) is 33.8 Å². The third-order valence-corrected chi connectivity index (χ3v) is 6.58. The van der Waals surface area contributed by atoms with E-state index >= 15 is 0 Å². The Hall–Kier alpha value is -4.63. The van der Waals surface area contributed by atoms with Crippen molar-refractivity contribution in [3.05, 3.63) is 79.0 Å². The number of unbranched alkanes of at least 4 members (excludes halogenated alkanes) is 1. The van der Waals surface area contributed by atoms with Crippen LogP contribution in [-0.2, 0) is 0 Å². The number of imidazole rings is 1. The number of anilines is 1. The van der Waals surface area contributed by atoms with E-state index < -0.39 is 6.23 Å². The normalized spacial score (nSPS) is 12.3. The van der Waals surface area contributed by atoms with Crippen LogP contribution in [0.2, 0.25) is 0 Å². The molecule has 1 atom stereocenters. The molecule has 8 nitrogen and oxygen atoms in total. The van der Waals surface area contributed by atoms with Crippen LogP contribution in [0.5, 0.6) is 0 Å². The molecule has 0 fully saturated rings. The molecule has 0 bridgehead atoms. The molecule has 2 aromatic carbocycles. The van der Waals surface area contributed by atoms with Crippen LogP contribution in [0.15, 0.2) is 73.2 Å². The number of hydrogen-bond donors (Lipinski definition) is 4. The third-order valence-electron chi connectivity index (χ3n) is 6.58. The lowest BCUT2D eigenvalue weighted by Gasteiger charge is -2.14. The maximum absolute atomic E-state index is 14.6. The van der Waals surface area contributed by atoms with E-state index in [9.17, 15) is 9.50 Å². The van der Waals surface area contributed by atoms with E-state index in [1.54, 1.807) is 42.9 Å². The van der Waals surface area contributed by atoms with E-state index in [2.05, 4.69) is 42.4 Å². The van der Waals surface area contributed by atoms with Gasteiger partial charge < -0.3 is 15.4 Å². The number of pyridine rings is 2. The zero-order valence-electron chi connectivity index (χ0n) is 20.7. The van der Waals surface area contributed by atoms with Crippen LogP contribution >= 0.6 is 0 Å². The van der Waals surface area contributed by atoms with Gasteiger partial charge in [-0.05, 0) is 48.7 Å². The Morgan fingerprint density at radius 3 is 2.79 bits per heavy atom. The first-order chi connectivity index (χ1) is 18.6. The lowest BCUT2D eigenvalue weighted by atomic mass is 10.0. The molecule has 9 heteroatoms. The number of nitrogens with zero attached hydrogens (tertiary/aromatic N) is 4. The molecule has 1 unspecified atom stereocenters. The molecule has 0 amide bonds. The Labute approximate surface area is 218 Å². The van der Waals surface area contributed by atoms with Gasteiger partial charge in [0.05, 0.1) is 22.9 Å². The first-order valence-corrected chi connectivity index (χ1v) is 12.6. The zero-order chi connectivity index (χ0) is 26.1. The minimum Gasteiger partial charge on any atom is -0.374 e. The number of aromatic amines is 2. The summed E-state index contributed by atoms with van der Waals surface area (Å²) in [5.41, 5.74) is 6.37. The topological polar surface area (TPSA) is 115 Å². The van der Waals surface area contributed by atoms with Gasteiger partial charge in [0.15, 0.2) is 11.5 Å². The number of aliphatic hydroxyl groups excluding tert-OH is 1. The van der Waals surface area contributed by atoms with Gasteiger partial charge in [0.2, 0.25) is 0 Å². The zero-order valence-corrected chi connectivity index (χ0v) is 20.7. The second-order valence-corrected chi connectivity index (χ2v) is 9.22. The number of hydrogen-bond acceptors (Lipinski definition) is 6. The molecule has 0 aliphatic carbocycles.